The minimum atomic E-state index is 0.852. The Morgan fingerprint density at radius 3 is 2.31 bits per heavy atom. The molecule has 0 heterocycles. The van der Waals surface area contributed by atoms with E-state index >= 15 is 0 Å². The van der Waals surface area contributed by atoms with Crippen LogP contribution >= 0.6 is 0 Å². The summed E-state index contributed by atoms with van der Waals surface area (Å²) in [6.45, 7) is 6.66. The van der Waals surface area contributed by atoms with E-state index in [1.54, 1.807) is 0 Å². The van der Waals surface area contributed by atoms with E-state index in [4.69, 9.17) is 0 Å². The minimum absolute atomic E-state index is 0.852. The molecule has 0 heteroatoms. The van der Waals surface area contributed by atoms with Crippen LogP contribution in [0.3, 0.4) is 0 Å². The molecule has 0 saturated heterocycles. The van der Waals surface area contributed by atoms with Gasteiger partial charge in [0.25, 0.3) is 0 Å². The van der Waals surface area contributed by atoms with Crippen molar-refractivity contribution in [2.45, 2.75) is 65.7 Å². The summed E-state index contributed by atoms with van der Waals surface area (Å²) >= 11 is 0. The molecule has 0 saturated carbocycles. The van der Waals surface area contributed by atoms with Crippen molar-refractivity contribution in [1.82, 2.24) is 0 Å². The number of rotatable bonds is 6. The molecule has 0 amide bonds. The number of hydrogen-bond donors (Lipinski definition) is 0. The molecule has 0 aromatic heterocycles. The lowest BCUT2D eigenvalue weighted by Crippen LogP contribution is -1.97. The molecule has 0 aliphatic rings. The molecule has 76 valence electrons. The molecule has 0 N–H and O–H groups in total. The van der Waals surface area contributed by atoms with Crippen molar-refractivity contribution < 1.29 is 0 Å². The monoisotopic (exact) mass is 180 g/mol. The Balaban J connectivity index is 3.50. The zero-order valence-electron chi connectivity index (χ0n) is 9.53. The van der Waals surface area contributed by atoms with Crippen molar-refractivity contribution in [3.05, 3.63) is 0 Å². The molecule has 0 aromatic carbocycles. The van der Waals surface area contributed by atoms with Crippen LogP contribution in [0, 0.1) is 17.8 Å². The van der Waals surface area contributed by atoms with Crippen molar-refractivity contribution in [3.8, 4) is 11.8 Å². The third-order valence-corrected chi connectivity index (χ3v) is 2.49. The van der Waals surface area contributed by atoms with Crippen LogP contribution in [0.4, 0.5) is 0 Å². The first-order valence-corrected chi connectivity index (χ1v) is 5.80. The molecule has 0 aliphatic carbocycles. The zero-order valence-corrected chi connectivity index (χ0v) is 9.53. The van der Waals surface area contributed by atoms with E-state index in [1.165, 1.54) is 32.1 Å². The van der Waals surface area contributed by atoms with E-state index in [2.05, 4.69) is 32.6 Å². The van der Waals surface area contributed by atoms with Crippen LogP contribution in [-0.2, 0) is 0 Å². The second kappa shape index (κ2) is 9.65. The van der Waals surface area contributed by atoms with Crippen LogP contribution in [0.1, 0.15) is 65.7 Å². The van der Waals surface area contributed by atoms with Gasteiger partial charge in [-0.2, -0.15) is 0 Å². The molecular formula is C13H24. The summed E-state index contributed by atoms with van der Waals surface area (Å²) in [7, 11) is 0. The quantitative estimate of drug-likeness (QED) is 0.420. The average molecular weight is 180 g/mol. The predicted molar refractivity (Wildman–Crippen MR) is 60.6 cm³/mol. The highest BCUT2D eigenvalue weighted by atomic mass is 14.1. The number of unbranched alkanes of at least 4 members (excludes halogenated alkanes) is 2. The second-order valence-corrected chi connectivity index (χ2v) is 3.68. The Labute approximate surface area is 84.1 Å². The van der Waals surface area contributed by atoms with Crippen molar-refractivity contribution in [1.29, 1.82) is 0 Å². The van der Waals surface area contributed by atoms with Gasteiger partial charge in [0, 0.05) is 12.8 Å². The zero-order chi connectivity index (χ0) is 9.94. The SMILES string of the molecule is CCC#CCC(CC)CCCCC. The summed E-state index contributed by atoms with van der Waals surface area (Å²) in [5, 5.41) is 0. The van der Waals surface area contributed by atoms with Gasteiger partial charge < -0.3 is 0 Å². The van der Waals surface area contributed by atoms with Crippen LogP contribution in [0.15, 0.2) is 0 Å². The fraction of sp³-hybridized carbons (Fsp3) is 0.846. The molecular weight excluding hydrogens is 156 g/mol. The predicted octanol–water partition coefficient (Wildman–Crippen LogP) is 4.40. The molecule has 1 atom stereocenters. The molecule has 0 rings (SSSR count). The van der Waals surface area contributed by atoms with Crippen LogP contribution < -0.4 is 0 Å². The maximum atomic E-state index is 3.26. The van der Waals surface area contributed by atoms with Crippen LogP contribution in [0.5, 0.6) is 0 Å². The van der Waals surface area contributed by atoms with Gasteiger partial charge in [-0.25, -0.2) is 0 Å². The Hall–Kier alpha value is -0.440. The van der Waals surface area contributed by atoms with Crippen molar-refractivity contribution >= 4 is 0 Å². The minimum Gasteiger partial charge on any atom is -0.104 e. The fourth-order valence-corrected chi connectivity index (χ4v) is 1.48. The van der Waals surface area contributed by atoms with Crippen molar-refractivity contribution in [2.24, 2.45) is 5.92 Å². The summed E-state index contributed by atoms with van der Waals surface area (Å²) in [6.07, 6.45) is 8.90. The topological polar surface area (TPSA) is 0 Å². The lowest BCUT2D eigenvalue weighted by Gasteiger charge is -2.10. The highest BCUT2D eigenvalue weighted by Crippen LogP contribution is 2.16. The van der Waals surface area contributed by atoms with Gasteiger partial charge in [-0.05, 0) is 12.3 Å². The molecule has 0 aromatic rings. The molecule has 1 unspecified atom stereocenters. The molecule has 0 fully saturated rings. The Morgan fingerprint density at radius 2 is 1.77 bits per heavy atom. The van der Waals surface area contributed by atoms with Crippen molar-refractivity contribution in [3.63, 3.8) is 0 Å². The van der Waals surface area contributed by atoms with Gasteiger partial charge in [0.05, 0.1) is 0 Å². The normalized spacial score (nSPS) is 11.9. The Morgan fingerprint density at radius 1 is 1.00 bits per heavy atom. The summed E-state index contributed by atoms with van der Waals surface area (Å²) in [5.74, 6) is 7.27. The van der Waals surface area contributed by atoms with Gasteiger partial charge in [0.2, 0.25) is 0 Å². The first-order valence-electron chi connectivity index (χ1n) is 5.80. The number of hydrogen-bond acceptors (Lipinski definition) is 0. The average Bonchev–Trinajstić information content (AvgIpc) is 2.16. The maximum absolute atomic E-state index is 3.26. The summed E-state index contributed by atoms with van der Waals surface area (Å²) in [6, 6.07) is 0. The molecule has 0 nitrogen and oxygen atoms in total. The second-order valence-electron chi connectivity index (χ2n) is 3.68. The third-order valence-electron chi connectivity index (χ3n) is 2.49. The van der Waals surface area contributed by atoms with Gasteiger partial charge in [0.15, 0.2) is 0 Å². The van der Waals surface area contributed by atoms with Crippen molar-refractivity contribution in [2.75, 3.05) is 0 Å². The third kappa shape index (κ3) is 7.91. The first kappa shape index (κ1) is 12.6. The highest BCUT2D eigenvalue weighted by Gasteiger charge is 2.02. The van der Waals surface area contributed by atoms with Gasteiger partial charge >= 0.3 is 0 Å². The van der Waals surface area contributed by atoms with Crippen LogP contribution in [0.25, 0.3) is 0 Å². The van der Waals surface area contributed by atoms with Gasteiger partial charge in [0.1, 0.15) is 0 Å². The molecule has 0 aliphatic heterocycles. The Kier molecular flexibility index (Phi) is 9.32. The highest BCUT2D eigenvalue weighted by molar-refractivity contribution is 4.98. The van der Waals surface area contributed by atoms with E-state index in [-0.39, 0.29) is 0 Å². The maximum Gasteiger partial charge on any atom is 0.0117 e. The van der Waals surface area contributed by atoms with E-state index in [0.717, 1.165) is 18.8 Å². The summed E-state index contributed by atoms with van der Waals surface area (Å²) < 4.78 is 0. The van der Waals surface area contributed by atoms with Gasteiger partial charge in [-0.1, -0.05) is 46.5 Å². The molecule has 0 bridgehead atoms. The lowest BCUT2D eigenvalue weighted by atomic mass is 9.95. The largest absolute Gasteiger partial charge is 0.104 e. The molecule has 0 radical (unpaired) electrons. The fourth-order valence-electron chi connectivity index (χ4n) is 1.48. The lowest BCUT2D eigenvalue weighted by molar-refractivity contribution is 0.454. The summed E-state index contributed by atoms with van der Waals surface area (Å²) in [4.78, 5) is 0. The first-order chi connectivity index (χ1) is 6.35. The van der Waals surface area contributed by atoms with Crippen LogP contribution in [-0.4, -0.2) is 0 Å². The van der Waals surface area contributed by atoms with Gasteiger partial charge in [-0.15, -0.1) is 11.8 Å². The van der Waals surface area contributed by atoms with E-state index in [1.807, 2.05) is 0 Å². The van der Waals surface area contributed by atoms with Gasteiger partial charge in [-0.3, -0.25) is 0 Å². The standard InChI is InChI=1S/C13H24/c1-4-7-9-11-13(6-3)12-10-8-5-2/h13H,4-7,9,11-12H2,1-3H3. The smallest absolute Gasteiger partial charge is 0.0117 e. The van der Waals surface area contributed by atoms with Crippen LogP contribution in [0.2, 0.25) is 0 Å². The molecule has 13 heavy (non-hydrogen) atoms. The van der Waals surface area contributed by atoms with E-state index in [0.29, 0.717) is 0 Å². The van der Waals surface area contributed by atoms with E-state index < -0.39 is 0 Å². The van der Waals surface area contributed by atoms with E-state index in [9.17, 15) is 0 Å². The Bertz CT molecular complexity index is 147. The molecule has 0 spiro atoms. The summed E-state index contributed by atoms with van der Waals surface area (Å²) in [5.41, 5.74) is 0.